The predicted molar refractivity (Wildman–Crippen MR) is 105 cm³/mol. The number of hydrogen-bond acceptors (Lipinski definition) is 4. The van der Waals surface area contributed by atoms with Crippen LogP contribution in [-0.2, 0) is 9.59 Å². The number of carbonyl (C=O) groups excluding carboxylic acids is 2. The van der Waals surface area contributed by atoms with Crippen molar-refractivity contribution >= 4 is 34.8 Å². The van der Waals surface area contributed by atoms with Crippen LogP contribution in [0.3, 0.4) is 0 Å². The summed E-state index contributed by atoms with van der Waals surface area (Å²) < 4.78 is 0. The molecule has 2 fully saturated rings. The molecule has 2 saturated heterocycles. The summed E-state index contributed by atoms with van der Waals surface area (Å²) >= 11 is 5.96. The Labute approximate surface area is 162 Å². The van der Waals surface area contributed by atoms with Crippen LogP contribution < -0.4 is 21.1 Å². The first-order valence-corrected chi connectivity index (χ1v) is 9.45. The molecule has 0 spiro atoms. The molecular weight excluding hydrogens is 364 g/mol. The van der Waals surface area contributed by atoms with Gasteiger partial charge in [0.15, 0.2) is 0 Å². The number of halogens is 1. The summed E-state index contributed by atoms with van der Waals surface area (Å²) in [5.41, 5.74) is 8.75. The van der Waals surface area contributed by atoms with Gasteiger partial charge in [-0.15, -0.1) is 0 Å². The molecule has 0 saturated carbocycles. The fourth-order valence-corrected chi connectivity index (χ4v) is 3.76. The quantitative estimate of drug-likeness (QED) is 0.757. The van der Waals surface area contributed by atoms with Crippen molar-refractivity contribution in [2.24, 2.45) is 5.92 Å². The van der Waals surface area contributed by atoms with E-state index >= 15 is 0 Å². The van der Waals surface area contributed by atoms with E-state index in [9.17, 15) is 9.59 Å². The largest absolute Gasteiger partial charge is 0.326 e. The summed E-state index contributed by atoms with van der Waals surface area (Å²) in [6, 6.07) is 14.8. The lowest BCUT2D eigenvalue weighted by Gasteiger charge is -2.20. The monoisotopic (exact) mass is 384 g/mol. The maximum absolute atomic E-state index is 12.9. The minimum absolute atomic E-state index is 0.0719. The number of rotatable bonds is 4. The van der Waals surface area contributed by atoms with Crippen LogP contribution in [0.5, 0.6) is 0 Å². The Morgan fingerprint density at radius 1 is 1.19 bits per heavy atom. The van der Waals surface area contributed by atoms with Gasteiger partial charge < -0.3 is 10.2 Å². The van der Waals surface area contributed by atoms with E-state index in [2.05, 4.69) is 16.2 Å². The number of hydrazine groups is 1. The van der Waals surface area contributed by atoms with Gasteiger partial charge in [0, 0.05) is 35.9 Å². The molecule has 3 N–H and O–H groups in total. The standard InChI is InChI=1S/C20H21ClN4O2/c21-14-8-6-13(7-9-14)19-17(12-22-24-19)20(27)23-15-3-1-4-16(11-15)25-10-2-5-18(25)26/h1,3-4,6-9,11,17,19,22,24H,2,5,10,12H2,(H,23,27). The van der Waals surface area contributed by atoms with E-state index in [0.717, 1.165) is 24.2 Å². The predicted octanol–water partition coefficient (Wildman–Crippen LogP) is 2.87. The SMILES string of the molecule is O=C(Nc1cccc(N2CCCC2=O)c1)C1CNNC1c1ccc(Cl)cc1. The number of anilines is 2. The zero-order chi connectivity index (χ0) is 18.8. The highest BCUT2D eigenvalue weighted by atomic mass is 35.5. The molecule has 6 nitrogen and oxygen atoms in total. The maximum atomic E-state index is 12.9. The fourth-order valence-electron chi connectivity index (χ4n) is 3.63. The lowest BCUT2D eigenvalue weighted by Crippen LogP contribution is -2.30. The first-order valence-electron chi connectivity index (χ1n) is 9.07. The van der Waals surface area contributed by atoms with Crippen LogP contribution in [0.25, 0.3) is 0 Å². The maximum Gasteiger partial charge on any atom is 0.230 e. The van der Waals surface area contributed by atoms with Crippen LogP contribution in [0, 0.1) is 5.92 Å². The van der Waals surface area contributed by atoms with Gasteiger partial charge in [-0.3, -0.25) is 15.0 Å². The van der Waals surface area contributed by atoms with Crippen molar-refractivity contribution in [2.75, 3.05) is 23.3 Å². The molecule has 140 valence electrons. The fraction of sp³-hybridized carbons (Fsp3) is 0.300. The normalized spacial score (nSPS) is 22.3. The molecular formula is C20H21ClN4O2. The molecule has 2 amide bonds. The van der Waals surface area contributed by atoms with Crippen LogP contribution >= 0.6 is 11.6 Å². The Balaban J connectivity index is 1.48. The van der Waals surface area contributed by atoms with Gasteiger partial charge in [-0.1, -0.05) is 29.8 Å². The summed E-state index contributed by atoms with van der Waals surface area (Å²) in [4.78, 5) is 26.6. The van der Waals surface area contributed by atoms with Crippen molar-refractivity contribution in [1.29, 1.82) is 0 Å². The van der Waals surface area contributed by atoms with Crippen molar-refractivity contribution in [1.82, 2.24) is 10.9 Å². The summed E-state index contributed by atoms with van der Waals surface area (Å²) in [5, 5.41) is 3.66. The van der Waals surface area contributed by atoms with Crippen molar-refractivity contribution in [3.8, 4) is 0 Å². The third-order valence-electron chi connectivity index (χ3n) is 5.05. The number of benzene rings is 2. The highest BCUT2D eigenvalue weighted by molar-refractivity contribution is 6.30. The van der Waals surface area contributed by atoms with Gasteiger partial charge in [0.05, 0.1) is 12.0 Å². The van der Waals surface area contributed by atoms with Crippen LogP contribution in [-0.4, -0.2) is 24.9 Å². The van der Waals surface area contributed by atoms with Gasteiger partial charge in [-0.05, 0) is 42.3 Å². The number of nitrogens with one attached hydrogen (secondary N) is 3. The van der Waals surface area contributed by atoms with Crippen molar-refractivity contribution in [3.05, 3.63) is 59.1 Å². The number of hydrogen-bond donors (Lipinski definition) is 3. The molecule has 0 bridgehead atoms. The van der Waals surface area contributed by atoms with Crippen LogP contribution in [0.15, 0.2) is 48.5 Å². The molecule has 2 aliphatic heterocycles. The van der Waals surface area contributed by atoms with Crippen molar-refractivity contribution in [3.63, 3.8) is 0 Å². The van der Waals surface area contributed by atoms with Gasteiger partial charge in [-0.25, -0.2) is 5.43 Å². The van der Waals surface area contributed by atoms with E-state index in [1.54, 1.807) is 4.90 Å². The summed E-state index contributed by atoms with van der Waals surface area (Å²) in [5.74, 6) is -0.203. The second kappa shape index (κ2) is 7.68. The van der Waals surface area contributed by atoms with Gasteiger partial charge in [0.25, 0.3) is 0 Å². The minimum Gasteiger partial charge on any atom is -0.326 e. The molecule has 4 rings (SSSR count). The Bertz CT molecular complexity index is 855. The lowest BCUT2D eigenvalue weighted by atomic mass is 9.94. The topological polar surface area (TPSA) is 73.5 Å². The average molecular weight is 385 g/mol. The van der Waals surface area contributed by atoms with Crippen LogP contribution in [0.4, 0.5) is 11.4 Å². The zero-order valence-corrected chi connectivity index (χ0v) is 15.5. The molecule has 0 radical (unpaired) electrons. The van der Waals surface area contributed by atoms with E-state index in [1.165, 1.54) is 0 Å². The van der Waals surface area contributed by atoms with Crippen LogP contribution in [0.2, 0.25) is 5.02 Å². The van der Waals surface area contributed by atoms with Crippen LogP contribution in [0.1, 0.15) is 24.4 Å². The molecule has 2 aliphatic rings. The number of nitrogens with zero attached hydrogens (tertiary/aromatic N) is 1. The molecule has 2 unspecified atom stereocenters. The summed E-state index contributed by atoms with van der Waals surface area (Å²) in [6.45, 7) is 1.26. The third kappa shape index (κ3) is 3.83. The summed E-state index contributed by atoms with van der Waals surface area (Å²) in [6.07, 6.45) is 1.45. The molecule has 0 aromatic heterocycles. The highest BCUT2D eigenvalue weighted by Crippen LogP contribution is 2.28. The third-order valence-corrected chi connectivity index (χ3v) is 5.30. The van der Waals surface area contributed by atoms with Gasteiger partial charge >= 0.3 is 0 Å². The molecule has 2 heterocycles. The van der Waals surface area contributed by atoms with Gasteiger partial charge in [0.2, 0.25) is 11.8 Å². The molecule has 2 aromatic rings. The van der Waals surface area contributed by atoms with Gasteiger partial charge in [0.1, 0.15) is 0 Å². The Morgan fingerprint density at radius 3 is 2.74 bits per heavy atom. The minimum atomic E-state index is -0.261. The average Bonchev–Trinajstić information content (AvgIpc) is 3.31. The highest BCUT2D eigenvalue weighted by Gasteiger charge is 2.34. The van der Waals surface area contributed by atoms with Gasteiger partial charge in [-0.2, -0.15) is 0 Å². The lowest BCUT2D eigenvalue weighted by molar-refractivity contribution is -0.120. The first-order chi connectivity index (χ1) is 13.1. The summed E-state index contributed by atoms with van der Waals surface area (Å²) in [7, 11) is 0. The second-order valence-corrected chi connectivity index (χ2v) is 7.29. The Hall–Kier alpha value is -2.41. The molecule has 2 aromatic carbocycles. The number of amides is 2. The van der Waals surface area contributed by atoms with E-state index in [4.69, 9.17) is 11.6 Å². The number of carbonyl (C=O) groups is 2. The van der Waals surface area contributed by atoms with E-state index in [-0.39, 0.29) is 23.8 Å². The van der Waals surface area contributed by atoms with E-state index in [0.29, 0.717) is 23.7 Å². The van der Waals surface area contributed by atoms with E-state index < -0.39 is 0 Å². The second-order valence-electron chi connectivity index (χ2n) is 6.85. The van der Waals surface area contributed by atoms with Crippen molar-refractivity contribution < 1.29 is 9.59 Å². The van der Waals surface area contributed by atoms with Crippen molar-refractivity contribution in [2.45, 2.75) is 18.9 Å². The molecule has 7 heteroatoms. The molecule has 2 atom stereocenters. The Morgan fingerprint density at radius 2 is 2.00 bits per heavy atom. The molecule has 0 aliphatic carbocycles. The zero-order valence-electron chi connectivity index (χ0n) is 14.7. The smallest absolute Gasteiger partial charge is 0.230 e. The first kappa shape index (κ1) is 18.0. The molecule has 27 heavy (non-hydrogen) atoms. The Kier molecular flexibility index (Phi) is 5.11. The van der Waals surface area contributed by atoms with E-state index in [1.807, 2.05) is 48.5 Å².